The maximum absolute atomic E-state index is 12.1. The van der Waals surface area contributed by atoms with Gasteiger partial charge in [0.15, 0.2) is 0 Å². The summed E-state index contributed by atoms with van der Waals surface area (Å²) < 4.78 is 0. The normalized spacial score (nSPS) is 12.8. The molecule has 0 saturated carbocycles. The highest BCUT2D eigenvalue weighted by atomic mass is 16.2. The third-order valence-corrected chi connectivity index (χ3v) is 3.17. The number of hydrogen-bond donors (Lipinski definition) is 1. The van der Waals surface area contributed by atoms with Crippen LogP contribution >= 0.6 is 0 Å². The molecule has 0 rings (SSSR count). The summed E-state index contributed by atoms with van der Waals surface area (Å²) in [5.41, 5.74) is 5.45. The molecule has 0 spiro atoms. The Labute approximate surface area is 113 Å². The van der Waals surface area contributed by atoms with Crippen molar-refractivity contribution >= 4 is 5.91 Å². The third-order valence-electron chi connectivity index (χ3n) is 3.17. The van der Waals surface area contributed by atoms with E-state index in [4.69, 9.17) is 5.73 Å². The van der Waals surface area contributed by atoms with Crippen molar-refractivity contribution in [1.29, 1.82) is 0 Å². The maximum Gasteiger partial charge on any atom is 0.222 e. The van der Waals surface area contributed by atoms with Crippen LogP contribution in [0.25, 0.3) is 0 Å². The molecule has 0 aliphatic heterocycles. The van der Waals surface area contributed by atoms with Gasteiger partial charge >= 0.3 is 0 Å². The molecule has 0 heterocycles. The number of hydrogen-bond acceptors (Lipinski definition) is 3. The monoisotopic (exact) mass is 257 g/mol. The quantitative estimate of drug-likeness (QED) is 0.606. The second kappa shape index (κ2) is 10.3. The van der Waals surface area contributed by atoms with Gasteiger partial charge in [-0.3, -0.25) is 4.79 Å². The molecular weight excluding hydrogens is 226 g/mol. The molecule has 0 aromatic rings. The van der Waals surface area contributed by atoms with Crippen LogP contribution in [0.2, 0.25) is 0 Å². The zero-order chi connectivity index (χ0) is 14.0. The van der Waals surface area contributed by atoms with Crippen LogP contribution in [-0.4, -0.2) is 55.5 Å². The molecule has 0 radical (unpaired) electrons. The number of nitrogens with zero attached hydrogens (tertiary/aromatic N) is 2. The standard InChI is InChI=1S/C14H31N3O/c1-5-17(13(2)12-16(3)4)14(18)10-8-6-7-9-11-15/h13H,5-12,15H2,1-4H3. The third kappa shape index (κ3) is 7.67. The van der Waals surface area contributed by atoms with Crippen molar-refractivity contribution < 1.29 is 4.79 Å². The Morgan fingerprint density at radius 2 is 1.78 bits per heavy atom. The van der Waals surface area contributed by atoms with Gasteiger partial charge in [-0.15, -0.1) is 0 Å². The van der Waals surface area contributed by atoms with E-state index >= 15 is 0 Å². The predicted molar refractivity (Wildman–Crippen MR) is 77.5 cm³/mol. The van der Waals surface area contributed by atoms with Crippen molar-refractivity contribution in [2.45, 2.75) is 52.0 Å². The Bertz CT molecular complexity index is 219. The van der Waals surface area contributed by atoms with E-state index in [0.717, 1.165) is 45.3 Å². The smallest absolute Gasteiger partial charge is 0.222 e. The molecule has 1 amide bonds. The van der Waals surface area contributed by atoms with Crippen LogP contribution in [0.4, 0.5) is 0 Å². The molecular formula is C14H31N3O. The molecule has 0 fully saturated rings. The predicted octanol–water partition coefficient (Wildman–Crippen LogP) is 1.69. The first-order chi connectivity index (χ1) is 8.52. The molecule has 0 aromatic heterocycles. The maximum atomic E-state index is 12.1. The van der Waals surface area contributed by atoms with Crippen LogP contribution in [-0.2, 0) is 4.79 Å². The lowest BCUT2D eigenvalue weighted by molar-refractivity contribution is -0.133. The molecule has 0 aliphatic carbocycles. The Hall–Kier alpha value is -0.610. The highest BCUT2D eigenvalue weighted by Gasteiger charge is 2.18. The second-order valence-electron chi connectivity index (χ2n) is 5.24. The number of carbonyl (C=O) groups excluding carboxylic acids is 1. The van der Waals surface area contributed by atoms with Gasteiger partial charge in [0, 0.05) is 25.6 Å². The average Bonchev–Trinajstić information content (AvgIpc) is 2.28. The molecule has 1 unspecified atom stereocenters. The van der Waals surface area contributed by atoms with Gasteiger partial charge in [-0.2, -0.15) is 0 Å². The summed E-state index contributed by atoms with van der Waals surface area (Å²) in [6.45, 7) is 6.66. The molecule has 0 saturated heterocycles. The molecule has 0 aliphatic rings. The molecule has 108 valence electrons. The molecule has 4 nitrogen and oxygen atoms in total. The lowest BCUT2D eigenvalue weighted by atomic mass is 10.1. The highest BCUT2D eigenvalue weighted by Crippen LogP contribution is 2.08. The lowest BCUT2D eigenvalue weighted by Crippen LogP contribution is -2.43. The van der Waals surface area contributed by atoms with Gasteiger partial charge in [0.25, 0.3) is 0 Å². The van der Waals surface area contributed by atoms with E-state index in [1.807, 2.05) is 19.0 Å². The minimum absolute atomic E-state index is 0.291. The van der Waals surface area contributed by atoms with Crippen LogP contribution in [0.1, 0.15) is 46.0 Å². The molecule has 1 atom stereocenters. The van der Waals surface area contributed by atoms with E-state index in [0.29, 0.717) is 18.4 Å². The first-order valence-electron chi connectivity index (χ1n) is 7.17. The summed E-state index contributed by atoms with van der Waals surface area (Å²) in [6, 6.07) is 0.293. The molecule has 0 aromatic carbocycles. The van der Waals surface area contributed by atoms with Crippen LogP contribution in [0.3, 0.4) is 0 Å². The summed E-state index contributed by atoms with van der Waals surface area (Å²) in [4.78, 5) is 16.2. The van der Waals surface area contributed by atoms with E-state index in [1.165, 1.54) is 0 Å². The van der Waals surface area contributed by atoms with Crippen molar-refractivity contribution in [3.8, 4) is 0 Å². The van der Waals surface area contributed by atoms with Gasteiger partial charge in [0.2, 0.25) is 5.91 Å². The zero-order valence-corrected chi connectivity index (χ0v) is 12.6. The largest absolute Gasteiger partial charge is 0.339 e. The highest BCUT2D eigenvalue weighted by molar-refractivity contribution is 5.76. The minimum atomic E-state index is 0.291. The first-order valence-corrected chi connectivity index (χ1v) is 7.17. The van der Waals surface area contributed by atoms with Crippen LogP contribution in [0, 0.1) is 0 Å². The number of likely N-dealkylation sites (N-methyl/N-ethyl adjacent to an activating group) is 2. The van der Waals surface area contributed by atoms with Gasteiger partial charge in [-0.05, 0) is 47.3 Å². The zero-order valence-electron chi connectivity index (χ0n) is 12.6. The minimum Gasteiger partial charge on any atom is -0.339 e. The Morgan fingerprint density at radius 1 is 1.17 bits per heavy atom. The van der Waals surface area contributed by atoms with Crippen molar-refractivity contribution in [3.05, 3.63) is 0 Å². The summed E-state index contributed by atoms with van der Waals surface area (Å²) in [5, 5.41) is 0. The fourth-order valence-electron chi connectivity index (χ4n) is 2.28. The topological polar surface area (TPSA) is 49.6 Å². The fraction of sp³-hybridized carbons (Fsp3) is 0.929. The van der Waals surface area contributed by atoms with Gasteiger partial charge < -0.3 is 15.5 Å². The van der Waals surface area contributed by atoms with Crippen LogP contribution in [0.5, 0.6) is 0 Å². The van der Waals surface area contributed by atoms with Gasteiger partial charge in [-0.1, -0.05) is 12.8 Å². The Morgan fingerprint density at radius 3 is 2.28 bits per heavy atom. The first kappa shape index (κ1) is 17.4. The summed E-state index contributed by atoms with van der Waals surface area (Å²) in [7, 11) is 4.09. The van der Waals surface area contributed by atoms with Crippen LogP contribution < -0.4 is 5.73 Å². The SMILES string of the molecule is CCN(C(=O)CCCCCCN)C(C)CN(C)C. The lowest BCUT2D eigenvalue weighted by Gasteiger charge is -2.30. The van der Waals surface area contributed by atoms with E-state index < -0.39 is 0 Å². The average molecular weight is 257 g/mol. The molecule has 18 heavy (non-hydrogen) atoms. The number of carbonyl (C=O) groups is 1. The Balaban J connectivity index is 3.95. The fourth-order valence-corrected chi connectivity index (χ4v) is 2.28. The van der Waals surface area contributed by atoms with Gasteiger partial charge in [0.1, 0.15) is 0 Å². The Kier molecular flexibility index (Phi) is 9.98. The van der Waals surface area contributed by atoms with E-state index in [-0.39, 0.29) is 0 Å². The molecule has 4 heteroatoms. The second-order valence-corrected chi connectivity index (χ2v) is 5.24. The van der Waals surface area contributed by atoms with E-state index in [1.54, 1.807) is 0 Å². The molecule has 2 N–H and O–H groups in total. The van der Waals surface area contributed by atoms with Crippen molar-refractivity contribution in [2.75, 3.05) is 33.7 Å². The van der Waals surface area contributed by atoms with E-state index in [2.05, 4.69) is 18.7 Å². The number of amides is 1. The van der Waals surface area contributed by atoms with Gasteiger partial charge in [-0.25, -0.2) is 0 Å². The van der Waals surface area contributed by atoms with E-state index in [9.17, 15) is 4.79 Å². The number of rotatable bonds is 10. The van der Waals surface area contributed by atoms with Crippen molar-refractivity contribution in [2.24, 2.45) is 5.73 Å². The van der Waals surface area contributed by atoms with Crippen LogP contribution in [0.15, 0.2) is 0 Å². The molecule has 0 bridgehead atoms. The van der Waals surface area contributed by atoms with Crippen molar-refractivity contribution in [1.82, 2.24) is 9.80 Å². The summed E-state index contributed by atoms with van der Waals surface area (Å²) >= 11 is 0. The number of nitrogens with two attached hydrogens (primary N) is 1. The van der Waals surface area contributed by atoms with Gasteiger partial charge in [0.05, 0.1) is 0 Å². The van der Waals surface area contributed by atoms with Crippen molar-refractivity contribution in [3.63, 3.8) is 0 Å². The summed E-state index contributed by atoms with van der Waals surface area (Å²) in [6.07, 6.45) is 4.99. The number of unbranched alkanes of at least 4 members (excludes halogenated alkanes) is 3. The summed E-state index contributed by atoms with van der Waals surface area (Å²) in [5.74, 6) is 0.291.